The molecule has 2 bridgehead atoms. The SMILES string of the molecule is Clc1cc(OC2C3CCCC2COC3)ncn1. The number of nitrogens with zero attached hydrogens (tertiary/aromatic N) is 2. The van der Waals surface area contributed by atoms with Gasteiger partial charge in [-0.05, 0) is 12.8 Å². The van der Waals surface area contributed by atoms with Crippen molar-refractivity contribution in [1.82, 2.24) is 9.97 Å². The van der Waals surface area contributed by atoms with Gasteiger partial charge < -0.3 is 9.47 Å². The summed E-state index contributed by atoms with van der Waals surface area (Å²) in [7, 11) is 0. The molecule has 1 aliphatic heterocycles. The van der Waals surface area contributed by atoms with E-state index in [1.807, 2.05) is 0 Å². The fourth-order valence-corrected chi connectivity index (χ4v) is 2.93. The Kier molecular flexibility index (Phi) is 3.16. The Balaban J connectivity index is 1.75. The van der Waals surface area contributed by atoms with E-state index < -0.39 is 0 Å². The van der Waals surface area contributed by atoms with Gasteiger partial charge in [-0.3, -0.25) is 0 Å². The van der Waals surface area contributed by atoms with Gasteiger partial charge in [0.15, 0.2) is 0 Å². The van der Waals surface area contributed by atoms with Crippen LogP contribution in [0.15, 0.2) is 12.4 Å². The van der Waals surface area contributed by atoms with Crippen molar-refractivity contribution in [3.63, 3.8) is 0 Å². The van der Waals surface area contributed by atoms with Crippen molar-refractivity contribution in [2.45, 2.75) is 25.4 Å². The standard InChI is InChI=1S/C12H15ClN2O2/c13-10-4-11(15-7-14-10)17-12-8-2-1-3-9(12)6-16-5-8/h4,7-9,12H,1-3,5-6H2. The molecule has 5 heteroatoms. The van der Waals surface area contributed by atoms with Crippen molar-refractivity contribution in [1.29, 1.82) is 0 Å². The number of ether oxygens (including phenoxy) is 2. The Bertz CT molecular complexity index is 380. The average Bonchev–Trinajstić information content (AvgIpc) is 2.28. The van der Waals surface area contributed by atoms with E-state index in [4.69, 9.17) is 21.1 Å². The summed E-state index contributed by atoms with van der Waals surface area (Å²) in [4.78, 5) is 7.96. The van der Waals surface area contributed by atoms with E-state index in [0.717, 1.165) is 13.2 Å². The molecule has 0 amide bonds. The van der Waals surface area contributed by atoms with Gasteiger partial charge in [-0.2, -0.15) is 0 Å². The predicted molar refractivity (Wildman–Crippen MR) is 63.1 cm³/mol. The Morgan fingerprint density at radius 1 is 1.24 bits per heavy atom. The molecule has 2 aliphatic rings. The third kappa shape index (κ3) is 2.38. The summed E-state index contributed by atoms with van der Waals surface area (Å²) in [6.45, 7) is 1.61. The number of hydrogen-bond acceptors (Lipinski definition) is 4. The zero-order valence-electron chi connectivity index (χ0n) is 9.51. The second kappa shape index (κ2) is 4.78. The van der Waals surface area contributed by atoms with Crippen molar-refractivity contribution in [3.8, 4) is 5.88 Å². The van der Waals surface area contributed by atoms with E-state index in [1.54, 1.807) is 6.07 Å². The average molecular weight is 255 g/mol. The first-order valence-electron chi connectivity index (χ1n) is 6.05. The number of halogens is 1. The summed E-state index contributed by atoms with van der Waals surface area (Å²) < 4.78 is 11.6. The molecule has 92 valence electrons. The third-order valence-electron chi connectivity index (χ3n) is 3.61. The molecule has 1 saturated carbocycles. The first-order valence-corrected chi connectivity index (χ1v) is 6.42. The van der Waals surface area contributed by atoms with Gasteiger partial charge in [0.2, 0.25) is 5.88 Å². The van der Waals surface area contributed by atoms with Gasteiger partial charge in [-0.25, -0.2) is 9.97 Å². The smallest absolute Gasteiger partial charge is 0.218 e. The molecule has 0 aromatic carbocycles. The lowest BCUT2D eigenvalue weighted by atomic mass is 9.78. The van der Waals surface area contributed by atoms with Crippen molar-refractivity contribution in [3.05, 3.63) is 17.5 Å². The second-order valence-electron chi connectivity index (χ2n) is 4.75. The van der Waals surface area contributed by atoms with Crippen LogP contribution in [0.2, 0.25) is 5.15 Å². The maximum Gasteiger partial charge on any atom is 0.218 e. The molecular weight excluding hydrogens is 240 g/mol. The van der Waals surface area contributed by atoms with Gasteiger partial charge in [-0.1, -0.05) is 18.0 Å². The predicted octanol–water partition coefficient (Wildman–Crippen LogP) is 2.32. The molecule has 0 spiro atoms. The van der Waals surface area contributed by atoms with E-state index >= 15 is 0 Å². The molecule has 0 N–H and O–H groups in total. The second-order valence-corrected chi connectivity index (χ2v) is 5.14. The van der Waals surface area contributed by atoms with Crippen LogP contribution in [-0.2, 0) is 4.74 Å². The number of hydrogen-bond donors (Lipinski definition) is 0. The van der Waals surface area contributed by atoms with E-state index in [0.29, 0.717) is 22.9 Å². The Morgan fingerprint density at radius 2 is 2.00 bits per heavy atom. The fourth-order valence-electron chi connectivity index (χ4n) is 2.80. The van der Waals surface area contributed by atoms with Crippen LogP contribution in [0, 0.1) is 11.8 Å². The van der Waals surface area contributed by atoms with Crippen LogP contribution in [0.25, 0.3) is 0 Å². The molecule has 3 rings (SSSR count). The van der Waals surface area contributed by atoms with Crippen molar-refractivity contribution in [2.24, 2.45) is 11.8 Å². The molecule has 17 heavy (non-hydrogen) atoms. The molecule has 2 fully saturated rings. The zero-order chi connectivity index (χ0) is 11.7. The van der Waals surface area contributed by atoms with Gasteiger partial charge >= 0.3 is 0 Å². The Labute approximate surface area is 105 Å². The van der Waals surface area contributed by atoms with Crippen LogP contribution in [-0.4, -0.2) is 29.3 Å². The minimum Gasteiger partial charge on any atom is -0.473 e. The lowest BCUT2D eigenvalue weighted by Gasteiger charge is -2.41. The first-order chi connectivity index (χ1) is 8.33. The van der Waals surface area contributed by atoms with Crippen LogP contribution >= 0.6 is 11.6 Å². The molecule has 2 atom stereocenters. The molecular formula is C12H15ClN2O2. The first kappa shape index (κ1) is 11.2. The minimum atomic E-state index is 0.225. The summed E-state index contributed by atoms with van der Waals surface area (Å²) in [5.74, 6) is 1.57. The maximum atomic E-state index is 5.99. The summed E-state index contributed by atoms with van der Waals surface area (Å²) >= 11 is 5.83. The highest BCUT2D eigenvalue weighted by Crippen LogP contribution is 2.36. The van der Waals surface area contributed by atoms with Crippen LogP contribution in [0.1, 0.15) is 19.3 Å². The fraction of sp³-hybridized carbons (Fsp3) is 0.667. The molecule has 4 nitrogen and oxygen atoms in total. The lowest BCUT2D eigenvalue weighted by Crippen LogP contribution is -2.46. The normalized spacial score (nSPS) is 32.2. The van der Waals surface area contributed by atoms with Gasteiger partial charge in [-0.15, -0.1) is 0 Å². The summed E-state index contributed by atoms with van der Waals surface area (Å²) in [5.41, 5.74) is 0. The number of aromatic nitrogens is 2. The quantitative estimate of drug-likeness (QED) is 0.760. The lowest BCUT2D eigenvalue weighted by molar-refractivity contribution is -0.0918. The van der Waals surface area contributed by atoms with Gasteiger partial charge in [0.05, 0.1) is 13.2 Å². The highest BCUT2D eigenvalue weighted by molar-refractivity contribution is 6.29. The largest absolute Gasteiger partial charge is 0.473 e. The number of fused-ring (bicyclic) bond motifs is 2. The van der Waals surface area contributed by atoms with Gasteiger partial charge in [0.1, 0.15) is 17.6 Å². The van der Waals surface area contributed by atoms with Crippen LogP contribution in [0.5, 0.6) is 5.88 Å². The van der Waals surface area contributed by atoms with E-state index in [-0.39, 0.29) is 6.10 Å². The third-order valence-corrected chi connectivity index (χ3v) is 3.82. The Morgan fingerprint density at radius 3 is 2.71 bits per heavy atom. The molecule has 0 radical (unpaired) electrons. The summed E-state index contributed by atoms with van der Waals surface area (Å²) in [6, 6.07) is 1.67. The minimum absolute atomic E-state index is 0.225. The molecule has 1 aromatic heterocycles. The van der Waals surface area contributed by atoms with Crippen molar-refractivity contribution < 1.29 is 9.47 Å². The van der Waals surface area contributed by atoms with Crippen molar-refractivity contribution >= 4 is 11.6 Å². The monoisotopic (exact) mass is 254 g/mol. The van der Waals surface area contributed by atoms with Gasteiger partial charge in [0.25, 0.3) is 0 Å². The molecule has 1 saturated heterocycles. The molecule has 1 aliphatic carbocycles. The zero-order valence-corrected chi connectivity index (χ0v) is 10.3. The van der Waals surface area contributed by atoms with E-state index in [1.165, 1.54) is 25.6 Å². The van der Waals surface area contributed by atoms with Crippen LogP contribution < -0.4 is 4.74 Å². The molecule has 2 unspecified atom stereocenters. The van der Waals surface area contributed by atoms with Crippen LogP contribution in [0.4, 0.5) is 0 Å². The Hall–Kier alpha value is -0.870. The van der Waals surface area contributed by atoms with Crippen LogP contribution in [0.3, 0.4) is 0 Å². The topological polar surface area (TPSA) is 44.2 Å². The molecule has 2 heterocycles. The van der Waals surface area contributed by atoms with E-state index in [2.05, 4.69) is 9.97 Å². The summed E-state index contributed by atoms with van der Waals surface area (Å²) in [5, 5.41) is 0.423. The van der Waals surface area contributed by atoms with Gasteiger partial charge in [0, 0.05) is 17.9 Å². The van der Waals surface area contributed by atoms with Crippen molar-refractivity contribution in [2.75, 3.05) is 13.2 Å². The maximum absolute atomic E-state index is 5.99. The highest BCUT2D eigenvalue weighted by Gasteiger charge is 2.38. The summed E-state index contributed by atoms with van der Waals surface area (Å²) in [6.07, 6.45) is 5.30. The molecule has 1 aromatic rings. The number of rotatable bonds is 2. The highest BCUT2D eigenvalue weighted by atomic mass is 35.5. The van der Waals surface area contributed by atoms with E-state index in [9.17, 15) is 0 Å².